The topological polar surface area (TPSA) is 77.3 Å². The Hall–Kier alpha value is -17.3. The number of benzene rings is 18. The maximum absolute atomic E-state index is 14.0. The average Bonchev–Trinajstić information content (AvgIpc) is 0.764. The molecule has 0 amide bonds. The molecule has 23 aromatic rings. The molecule has 12 heteroatoms. The molecule has 706 valence electrons. The summed E-state index contributed by atoms with van der Waals surface area (Å²) in [6, 6.07) is 159. The van der Waals surface area contributed by atoms with Crippen LogP contribution < -0.4 is 0 Å². The fraction of sp³-hybridized carbons (Fsp3) is 0.0294. The SMILES string of the molecule is Cc1cc(-c2[c-]cc(-c3ccccc3-c3cc(-c4ccccc4-c4c[c-]c(-c5cnc(-c6[c-]cc(-c7ccccc7-c7cc(-c8ccccc8-c8c[c-]c(-c9cc(C)c(-c%10ccc(F)cc%10)cn9)cc8)cc(-c8ccccc8-c8c[c-]c(-c9cc(C)c(-c%10ccc(F)cc%10)cn9)cc8)c7)cc6)cn5)cc4)cc(-c4ccccc4-c4c[c-]c(-c5cc(C)c(-c6ccc(F)cc6)cn5)cc4)c3)cc2)ncc1-c1ccc(F)cc1.[Ir+3].[Ir+3]. The van der Waals surface area contributed by atoms with Gasteiger partial charge in [0.2, 0.25) is 0 Å². The Balaban J connectivity index is 0.00000641. The van der Waals surface area contributed by atoms with Crippen LogP contribution in [0, 0.1) is 87.4 Å². The van der Waals surface area contributed by atoms with E-state index in [9.17, 15) is 17.6 Å². The second kappa shape index (κ2) is 42.5. The Kier molecular flexibility index (Phi) is 27.8. The molecule has 23 rings (SSSR count). The van der Waals surface area contributed by atoms with Gasteiger partial charge >= 0.3 is 40.2 Å². The minimum atomic E-state index is -0.282. The van der Waals surface area contributed by atoms with Gasteiger partial charge in [-0.2, -0.15) is 0 Å². The van der Waals surface area contributed by atoms with Gasteiger partial charge in [-0.1, -0.05) is 285 Å². The largest absolute Gasteiger partial charge is 3.00 e. The average molecular weight is 2260 g/mol. The first-order valence-electron chi connectivity index (χ1n) is 48.3. The number of aryl methyl sites for hydroxylation is 4. The van der Waals surface area contributed by atoms with Crippen molar-refractivity contribution in [1.82, 2.24) is 29.9 Å². The van der Waals surface area contributed by atoms with Crippen molar-refractivity contribution in [3.63, 3.8) is 0 Å². The van der Waals surface area contributed by atoms with Crippen molar-refractivity contribution in [2.45, 2.75) is 27.7 Å². The van der Waals surface area contributed by atoms with E-state index in [0.717, 1.165) is 256 Å². The van der Waals surface area contributed by atoms with E-state index in [1.807, 2.05) is 73.6 Å². The van der Waals surface area contributed by atoms with Crippen LogP contribution in [0.4, 0.5) is 17.6 Å². The Morgan fingerprint density at radius 2 is 0.297 bits per heavy atom. The number of nitrogens with zero attached hydrogens (tertiary/aromatic N) is 6. The van der Waals surface area contributed by atoms with E-state index in [2.05, 4.69) is 343 Å². The molecule has 5 aromatic heterocycles. The Morgan fingerprint density at radius 1 is 0.149 bits per heavy atom. The molecule has 0 aliphatic heterocycles. The van der Waals surface area contributed by atoms with Gasteiger partial charge < -0.3 is 29.9 Å². The van der Waals surface area contributed by atoms with Crippen LogP contribution in [0.25, 0.3) is 246 Å². The summed E-state index contributed by atoms with van der Waals surface area (Å²) in [7, 11) is 0. The van der Waals surface area contributed by atoms with Crippen LogP contribution in [0.5, 0.6) is 0 Å². The smallest absolute Gasteiger partial charge is 0.311 e. The second-order valence-corrected chi connectivity index (χ2v) is 36.7. The van der Waals surface area contributed by atoms with Gasteiger partial charge in [0.15, 0.2) is 0 Å². The van der Waals surface area contributed by atoms with Gasteiger partial charge in [-0.05, 0) is 247 Å². The summed E-state index contributed by atoms with van der Waals surface area (Å²) in [5, 5.41) is 0. The predicted octanol–water partition coefficient (Wildman–Crippen LogP) is 35.3. The van der Waals surface area contributed by atoms with Gasteiger partial charge in [-0.25, -0.2) is 17.6 Å². The molecule has 0 unspecified atom stereocenters. The van der Waals surface area contributed by atoms with E-state index < -0.39 is 0 Å². The van der Waals surface area contributed by atoms with Crippen LogP contribution in [0.3, 0.4) is 0 Å². The molecule has 18 aromatic carbocycles. The molecule has 0 saturated heterocycles. The number of hydrogen-bond donors (Lipinski definition) is 0. The number of aromatic nitrogens is 6. The maximum Gasteiger partial charge on any atom is 3.00 e. The van der Waals surface area contributed by atoms with Crippen molar-refractivity contribution >= 4 is 0 Å². The molecule has 148 heavy (non-hydrogen) atoms. The Morgan fingerprint density at radius 3 is 0.446 bits per heavy atom. The zero-order chi connectivity index (χ0) is 98.8. The molecular formula is C136H86F4Ir2N6. The molecule has 0 radical (unpaired) electrons. The zero-order valence-corrected chi connectivity index (χ0v) is 85.4. The van der Waals surface area contributed by atoms with Crippen LogP contribution in [0.2, 0.25) is 0 Å². The Labute approximate surface area is 885 Å². The van der Waals surface area contributed by atoms with Crippen LogP contribution in [-0.2, 0) is 40.2 Å². The summed E-state index contributed by atoms with van der Waals surface area (Å²) in [4.78, 5) is 29.6. The summed E-state index contributed by atoms with van der Waals surface area (Å²) in [5.41, 5.74) is 45.5. The van der Waals surface area contributed by atoms with Crippen molar-refractivity contribution in [2.75, 3.05) is 0 Å². The third kappa shape index (κ3) is 20.1. The summed E-state index contributed by atoms with van der Waals surface area (Å²) in [5.74, 6) is -1.13. The first kappa shape index (κ1) is 96.8. The molecule has 5 heterocycles. The predicted molar refractivity (Wildman–Crippen MR) is 585 cm³/mol. The third-order valence-electron chi connectivity index (χ3n) is 27.4. The molecule has 0 bridgehead atoms. The molecule has 0 aliphatic rings. The number of pyridine rings is 4. The van der Waals surface area contributed by atoms with E-state index in [4.69, 9.17) is 29.9 Å². The van der Waals surface area contributed by atoms with Crippen LogP contribution >= 0.6 is 0 Å². The van der Waals surface area contributed by atoms with Crippen molar-refractivity contribution in [3.8, 4) is 246 Å². The third-order valence-corrected chi connectivity index (χ3v) is 27.4. The van der Waals surface area contributed by atoms with E-state index in [-0.39, 0.29) is 63.5 Å². The van der Waals surface area contributed by atoms with E-state index in [1.165, 1.54) is 48.5 Å². The summed E-state index contributed by atoms with van der Waals surface area (Å²) in [6.07, 6.45) is 11.0. The van der Waals surface area contributed by atoms with Gasteiger partial charge in [0, 0.05) is 70.8 Å². The quantitative estimate of drug-likeness (QED) is 0.0497. The van der Waals surface area contributed by atoms with Crippen LogP contribution in [0.15, 0.2) is 450 Å². The molecule has 0 saturated carbocycles. The van der Waals surface area contributed by atoms with E-state index in [1.54, 1.807) is 48.5 Å². The normalized spacial score (nSPS) is 11.1. The molecular weight excluding hydrogens is 2180 g/mol. The molecule has 6 nitrogen and oxygen atoms in total. The summed E-state index contributed by atoms with van der Waals surface area (Å²) in [6.45, 7) is 8.20. The summed E-state index contributed by atoms with van der Waals surface area (Å²) >= 11 is 0. The van der Waals surface area contributed by atoms with Crippen molar-refractivity contribution in [3.05, 3.63) is 532 Å². The minimum Gasteiger partial charge on any atom is -0.311 e. The van der Waals surface area contributed by atoms with Gasteiger partial charge in [0.1, 0.15) is 23.3 Å². The van der Waals surface area contributed by atoms with Gasteiger partial charge in [-0.3, -0.25) is 0 Å². The zero-order valence-electron chi connectivity index (χ0n) is 80.6. The number of hydrogen-bond acceptors (Lipinski definition) is 6. The fourth-order valence-electron chi connectivity index (χ4n) is 19.8. The van der Waals surface area contributed by atoms with Gasteiger partial charge in [0.05, 0.1) is 0 Å². The van der Waals surface area contributed by atoms with Gasteiger partial charge in [-0.15, -0.1) is 179 Å². The molecule has 0 N–H and O–H groups in total. The minimum absolute atomic E-state index is 0. The van der Waals surface area contributed by atoms with E-state index in [0.29, 0.717) is 11.4 Å². The van der Waals surface area contributed by atoms with Crippen molar-refractivity contribution in [1.29, 1.82) is 0 Å². The van der Waals surface area contributed by atoms with E-state index >= 15 is 0 Å². The van der Waals surface area contributed by atoms with Crippen molar-refractivity contribution < 1.29 is 57.8 Å². The van der Waals surface area contributed by atoms with Crippen molar-refractivity contribution in [2.24, 2.45) is 0 Å². The monoisotopic (exact) mass is 2260 g/mol. The summed E-state index contributed by atoms with van der Waals surface area (Å²) < 4.78 is 55.9. The first-order chi connectivity index (χ1) is 71.6. The number of halogens is 4. The van der Waals surface area contributed by atoms with Crippen LogP contribution in [-0.4, -0.2) is 29.9 Å². The molecule has 0 fully saturated rings. The maximum atomic E-state index is 14.0. The first-order valence-corrected chi connectivity index (χ1v) is 48.3. The fourth-order valence-corrected chi connectivity index (χ4v) is 19.8. The second-order valence-electron chi connectivity index (χ2n) is 36.7. The standard InChI is InChI=1S/C136H86F4N6.2Ir/c1-85-69-131(141-79-127(85)95-53-61-111(137)62-54-95)99-41-29-89(30-42-99)115-17-5-11-23-121(115)105-73-106(122-24-12-6-18-116(122)90-31-43-100(44-32-90)132-70-86(2)128(80-142-132)96-55-63-112(138)64-56-96)76-109(75-105)125-27-15-9-21-119(125)93-37-49-103(50-38-93)135-83-146-136(84-145-135)104-51-39-94(40-52-104)120-22-10-16-28-126(120)110-77-107(123-25-13-7-19-117(123)91-33-45-101(46-34-91)133-71-87(3)129(81-143-133)97-57-65-113(139)66-58-97)74-108(78-110)124-26-14-8-20-118(124)92-35-47-102(48-36-92)134-72-88(4)130(82-144-134)98-59-67-114(140)68-60-98;;/h5-41,43,45,47,49,51,53-84H,1-4H3;;/q-6;2*+3. The molecule has 0 spiro atoms. The number of rotatable bonds is 22. The van der Waals surface area contributed by atoms with Crippen LogP contribution in [0.1, 0.15) is 22.3 Å². The Bertz CT molecular complexity index is 7940. The van der Waals surface area contributed by atoms with Gasteiger partial charge in [0.25, 0.3) is 0 Å². The molecule has 0 atom stereocenters. The molecule has 0 aliphatic carbocycles.